The molecule has 7 nitrogen and oxygen atoms in total. The topological polar surface area (TPSA) is 67.6 Å². The van der Waals surface area contributed by atoms with E-state index in [4.69, 9.17) is 15.0 Å². The van der Waals surface area contributed by atoms with Crippen LogP contribution < -0.4 is 15.5 Å². The summed E-state index contributed by atoms with van der Waals surface area (Å²) in [5, 5.41) is 7.56. The van der Waals surface area contributed by atoms with Crippen LogP contribution in [0.4, 0.5) is 11.4 Å². The van der Waals surface area contributed by atoms with Gasteiger partial charge in [-0.25, -0.2) is 15.0 Å². The van der Waals surface area contributed by atoms with Crippen molar-refractivity contribution in [2.45, 2.75) is 84.3 Å². The fraction of sp³-hybridized carbons (Fsp3) is 0.500. The van der Waals surface area contributed by atoms with E-state index < -0.39 is 0 Å². The standard InChI is InChI=1S/C38H49N7/c1-25(2)39-34-23-28(44-18-7-5-8-19-44)14-16-30(34)33-22-27-12-11-13-32-36(27)38(42-33)43-37(41-32)31-17-15-29(24-35(31)40-26(3)4)45-20-9-6-10-21-45/h11-17,22-26,31,35-36,39-40H,5-10,18-21H2,1-4H3. The van der Waals surface area contributed by atoms with E-state index in [2.05, 4.69) is 109 Å². The Morgan fingerprint density at radius 1 is 0.800 bits per heavy atom. The Morgan fingerprint density at radius 3 is 2.29 bits per heavy atom. The number of allylic oxidation sites excluding steroid dienone is 5. The Kier molecular flexibility index (Phi) is 8.63. The maximum absolute atomic E-state index is 5.30. The molecule has 1 aromatic carbocycles. The molecule has 4 aliphatic heterocycles. The largest absolute Gasteiger partial charge is 0.382 e. The van der Waals surface area contributed by atoms with Crippen molar-refractivity contribution in [3.63, 3.8) is 0 Å². The number of hydrogen-bond acceptors (Lipinski definition) is 7. The highest BCUT2D eigenvalue weighted by Crippen LogP contribution is 2.39. The fourth-order valence-electron chi connectivity index (χ4n) is 7.51. The minimum Gasteiger partial charge on any atom is -0.382 e. The predicted octanol–water partition coefficient (Wildman–Crippen LogP) is 7.14. The van der Waals surface area contributed by atoms with Gasteiger partial charge in [-0.2, -0.15) is 0 Å². The first kappa shape index (κ1) is 30.0. The number of benzene rings is 1. The van der Waals surface area contributed by atoms with E-state index >= 15 is 0 Å². The van der Waals surface area contributed by atoms with Gasteiger partial charge in [-0.15, -0.1) is 0 Å². The van der Waals surface area contributed by atoms with Gasteiger partial charge in [0.25, 0.3) is 0 Å². The monoisotopic (exact) mass is 603 g/mol. The molecule has 2 aliphatic carbocycles. The van der Waals surface area contributed by atoms with Crippen molar-refractivity contribution in [1.82, 2.24) is 10.2 Å². The third kappa shape index (κ3) is 6.37. The van der Waals surface area contributed by atoms with Gasteiger partial charge in [0, 0.05) is 66.9 Å². The lowest BCUT2D eigenvalue weighted by atomic mass is 9.83. The number of aliphatic imine (C=N–C) groups is 3. The normalized spacial score (nSPS) is 26.1. The summed E-state index contributed by atoms with van der Waals surface area (Å²) in [7, 11) is 0. The molecular weight excluding hydrogens is 554 g/mol. The van der Waals surface area contributed by atoms with E-state index in [1.165, 1.54) is 55.5 Å². The van der Waals surface area contributed by atoms with Crippen LogP contribution in [-0.2, 0) is 0 Å². The van der Waals surface area contributed by atoms with Crippen LogP contribution in [0.1, 0.15) is 71.8 Å². The van der Waals surface area contributed by atoms with E-state index in [0.29, 0.717) is 12.1 Å². The molecule has 4 heterocycles. The third-order valence-electron chi connectivity index (χ3n) is 9.66. The second-order valence-electron chi connectivity index (χ2n) is 13.9. The maximum Gasteiger partial charge on any atom is 0.144 e. The first-order valence-corrected chi connectivity index (χ1v) is 17.4. The Hall–Kier alpha value is -3.71. The third-order valence-corrected chi connectivity index (χ3v) is 9.66. The second kappa shape index (κ2) is 13.0. The van der Waals surface area contributed by atoms with Crippen LogP contribution in [0, 0.1) is 11.8 Å². The van der Waals surface area contributed by atoms with Crippen molar-refractivity contribution in [3.05, 3.63) is 77.6 Å². The first-order valence-electron chi connectivity index (χ1n) is 17.4. The smallest absolute Gasteiger partial charge is 0.144 e. The van der Waals surface area contributed by atoms with Crippen molar-refractivity contribution in [1.29, 1.82) is 0 Å². The molecule has 0 spiro atoms. The van der Waals surface area contributed by atoms with Gasteiger partial charge in [0.05, 0.1) is 23.2 Å². The highest BCUT2D eigenvalue weighted by atomic mass is 15.1. The molecule has 7 rings (SSSR count). The van der Waals surface area contributed by atoms with Crippen molar-refractivity contribution in [2.24, 2.45) is 26.8 Å². The van der Waals surface area contributed by atoms with Gasteiger partial charge in [0.15, 0.2) is 0 Å². The zero-order chi connectivity index (χ0) is 30.9. The summed E-state index contributed by atoms with van der Waals surface area (Å²) in [5.74, 6) is 1.72. The average Bonchev–Trinajstić information content (AvgIpc) is 3.05. The highest BCUT2D eigenvalue weighted by Gasteiger charge is 2.37. The molecule has 3 unspecified atom stereocenters. The molecule has 0 amide bonds. The van der Waals surface area contributed by atoms with Crippen LogP contribution in [-0.4, -0.2) is 66.6 Å². The van der Waals surface area contributed by atoms with E-state index in [1.54, 1.807) is 0 Å². The summed E-state index contributed by atoms with van der Waals surface area (Å²) in [6, 6.07) is 7.64. The number of nitrogens with zero attached hydrogens (tertiary/aromatic N) is 5. The lowest BCUT2D eigenvalue weighted by Gasteiger charge is -2.36. The molecule has 7 heteroatoms. The second-order valence-corrected chi connectivity index (χ2v) is 13.9. The maximum atomic E-state index is 5.30. The molecule has 1 aromatic rings. The molecule has 0 aromatic heterocycles. The molecule has 236 valence electrons. The molecular formula is C38H49N7. The number of likely N-dealkylation sites (tertiary alicyclic amines) is 1. The number of anilines is 2. The summed E-state index contributed by atoms with van der Waals surface area (Å²) in [5.41, 5.74) is 8.08. The molecule has 0 saturated carbocycles. The number of rotatable bonds is 8. The summed E-state index contributed by atoms with van der Waals surface area (Å²) < 4.78 is 0. The molecule has 2 N–H and O–H groups in total. The molecule has 0 bridgehead atoms. The van der Waals surface area contributed by atoms with Gasteiger partial charge >= 0.3 is 0 Å². The molecule has 6 aliphatic rings. The molecule has 0 radical (unpaired) electrons. The average molecular weight is 604 g/mol. The predicted molar refractivity (Wildman–Crippen MR) is 190 cm³/mol. The molecule has 2 fully saturated rings. The summed E-state index contributed by atoms with van der Waals surface area (Å²) >= 11 is 0. The Balaban J connectivity index is 1.23. The summed E-state index contributed by atoms with van der Waals surface area (Å²) in [6.07, 6.45) is 23.5. The van der Waals surface area contributed by atoms with Crippen LogP contribution in [0.25, 0.3) is 5.70 Å². The molecule has 45 heavy (non-hydrogen) atoms. The van der Waals surface area contributed by atoms with Crippen molar-refractivity contribution in [3.8, 4) is 0 Å². The van der Waals surface area contributed by atoms with Crippen LogP contribution >= 0.6 is 0 Å². The number of amidine groups is 2. The van der Waals surface area contributed by atoms with Gasteiger partial charge in [-0.05, 0) is 100 Å². The van der Waals surface area contributed by atoms with Crippen molar-refractivity contribution < 1.29 is 0 Å². The van der Waals surface area contributed by atoms with Gasteiger partial charge in [-0.3, -0.25) is 0 Å². The van der Waals surface area contributed by atoms with E-state index in [9.17, 15) is 0 Å². The number of piperidine rings is 2. The van der Waals surface area contributed by atoms with Gasteiger partial charge in [-0.1, -0.05) is 32.1 Å². The quantitative estimate of drug-likeness (QED) is 0.332. The lowest BCUT2D eigenvalue weighted by Crippen LogP contribution is -2.45. The summed E-state index contributed by atoms with van der Waals surface area (Å²) in [4.78, 5) is 20.8. The van der Waals surface area contributed by atoms with E-state index in [1.807, 2.05) is 0 Å². The number of nitrogens with one attached hydrogen (secondary N) is 2. The summed E-state index contributed by atoms with van der Waals surface area (Å²) in [6.45, 7) is 13.4. The Morgan fingerprint density at radius 2 is 1.56 bits per heavy atom. The zero-order valence-corrected chi connectivity index (χ0v) is 27.5. The van der Waals surface area contributed by atoms with Crippen molar-refractivity contribution >= 4 is 34.5 Å². The van der Waals surface area contributed by atoms with Crippen molar-refractivity contribution in [2.75, 3.05) is 36.4 Å². The van der Waals surface area contributed by atoms with Gasteiger partial charge < -0.3 is 20.4 Å². The lowest BCUT2D eigenvalue weighted by molar-refractivity contribution is 0.288. The minimum absolute atomic E-state index is 0.0137. The highest BCUT2D eigenvalue weighted by molar-refractivity contribution is 6.25. The van der Waals surface area contributed by atoms with Crippen LogP contribution in [0.5, 0.6) is 0 Å². The Bertz CT molecular complexity index is 1540. The SMILES string of the molecule is CC(C)Nc1cc(N2CCCCC2)ccc1C1=CC2=CC=CC3=NC(C4C=CC(N5CCCCC5)=CC4NC(C)C)=NC(=N1)C23. The fourth-order valence-corrected chi connectivity index (χ4v) is 7.51. The van der Waals surface area contributed by atoms with Gasteiger partial charge in [0.1, 0.15) is 11.7 Å². The van der Waals surface area contributed by atoms with Crippen LogP contribution in [0.15, 0.2) is 87.0 Å². The van der Waals surface area contributed by atoms with E-state index in [-0.39, 0.29) is 17.9 Å². The van der Waals surface area contributed by atoms with Crippen LogP contribution in [0.3, 0.4) is 0 Å². The number of hydrogen-bond donors (Lipinski definition) is 2. The van der Waals surface area contributed by atoms with Gasteiger partial charge in [0.2, 0.25) is 0 Å². The first-order chi connectivity index (χ1) is 21.9. The Labute approximate surface area is 269 Å². The minimum atomic E-state index is -0.0137. The molecule has 3 atom stereocenters. The van der Waals surface area contributed by atoms with Crippen LogP contribution in [0.2, 0.25) is 0 Å². The van der Waals surface area contributed by atoms with E-state index in [0.717, 1.165) is 60.5 Å². The zero-order valence-electron chi connectivity index (χ0n) is 27.5. The molecule has 2 saturated heterocycles.